The second kappa shape index (κ2) is 10.6. The number of para-hydroxylation sites is 1. The van der Waals surface area contributed by atoms with Gasteiger partial charge in [0.1, 0.15) is 0 Å². The number of carbonyl (C=O) groups excluding carboxylic acids is 3. The zero-order valence-corrected chi connectivity index (χ0v) is 18.4. The molecule has 3 aromatic carbocycles. The molecule has 0 spiro atoms. The molecule has 0 saturated carbocycles. The molecule has 0 bridgehead atoms. The Balaban J connectivity index is 1.64. The van der Waals surface area contributed by atoms with Crippen molar-refractivity contribution in [2.75, 3.05) is 10.6 Å². The highest BCUT2D eigenvalue weighted by Gasteiger charge is 2.17. The number of hydrazone groups is 1. The van der Waals surface area contributed by atoms with Crippen LogP contribution in [0.1, 0.15) is 21.5 Å². The van der Waals surface area contributed by atoms with Crippen molar-refractivity contribution in [2.45, 2.75) is 6.92 Å². The number of carbonyl (C=O) groups is 3. The molecule has 0 unspecified atom stereocenters. The highest BCUT2D eigenvalue weighted by atomic mass is 35.5. The number of rotatable bonds is 5. The SMILES string of the molecule is Cc1ccc(NC(=O)c2ccccc2NC(=O)C(=O)NN=Cc2ccc(Cl)cc2Cl)cc1. The molecule has 9 heteroatoms. The summed E-state index contributed by atoms with van der Waals surface area (Å²) in [6.45, 7) is 1.94. The van der Waals surface area contributed by atoms with E-state index in [1.807, 2.05) is 19.1 Å². The molecule has 0 saturated heterocycles. The van der Waals surface area contributed by atoms with Crippen molar-refractivity contribution in [1.29, 1.82) is 0 Å². The molecule has 3 rings (SSSR count). The number of anilines is 2. The van der Waals surface area contributed by atoms with Crippen LogP contribution in [0.3, 0.4) is 0 Å². The van der Waals surface area contributed by atoms with E-state index in [1.165, 1.54) is 24.4 Å². The Kier molecular flexibility index (Phi) is 7.59. The summed E-state index contributed by atoms with van der Waals surface area (Å²) < 4.78 is 0. The van der Waals surface area contributed by atoms with E-state index in [9.17, 15) is 14.4 Å². The van der Waals surface area contributed by atoms with E-state index in [0.717, 1.165) is 5.56 Å². The van der Waals surface area contributed by atoms with Crippen molar-refractivity contribution in [3.63, 3.8) is 0 Å². The Hall–Kier alpha value is -3.68. The van der Waals surface area contributed by atoms with E-state index in [4.69, 9.17) is 23.2 Å². The summed E-state index contributed by atoms with van der Waals surface area (Å²) in [5, 5.41) is 9.70. The Bertz CT molecular complexity index is 1190. The molecule has 0 atom stereocenters. The van der Waals surface area contributed by atoms with Crippen molar-refractivity contribution in [3.05, 3.63) is 93.5 Å². The first-order valence-electron chi connectivity index (χ1n) is 9.40. The number of nitrogens with zero attached hydrogens (tertiary/aromatic N) is 1. The predicted molar refractivity (Wildman–Crippen MR) is 126 cm³/mol. The highest BCUT2D eigenvalue weighted by molar-refractivity contribution is 6.40. The van der Waals surface area contributed by atoms with Gasteiger partial charge in [0.05, 0.1) is 22.5 Å². The first-order chi connectivity index (χ1) is 15.3. The third kappa shape index (κ3) is 6.16. The Morgan fingerprint density at radius 2 is 1.59 bits per heavy atom. The number of benzene rings is 3. The average Bonchev–Trinajstić information content (AvgIpc) is 2.77. The summed E-state index contributed by atoms with van der Waals surface area (Å²) in [5.41, 5.74) is 4.67. The summed E-state index contributed by atoms with van der Waals surface area (Å²) in [6, 6.07) is 18.4. The van der Waals surface area contributed by atoms with Crippen molar-refractivity contribution in [3.8, 4) is 0 Å². The maximum absolute atomic E-state index is 12.6. The third-order valence-electron chi connectivity index (χ3n) is 4.27. The molecule has 3 aromatic rings. The van der Waals surface area contributed by atoms with Crippen LogP contribution in [-0.4, -0.2) is 23.9 Å². The van der Waals surface area contributed by atoms with E-state index in [1.54, 1.807) is 36.4 Å². The summed E-state index contributed by atoms with van der Waals surface area (Å²) in [4.78, 5) is 37.0. The van der Waals surface area contributed by atoms with E-state index in [-0.39, 0.29) is 11.3 Å². The number of aryl methyl sites for hydroxylation is 1. The largest absolute Gasteiger partial charge is 0.329 e. The van der Waals surface area contributed by atoms with Crippen LogP contribution >= 0.6 is 23.2 Å². The third-order valence-corrected chi connectivity index (χ3v) is 4.83. The van der Waals surface area contributed by atoms with Gasteiger partial charge in [0.25, 0.3) is 5.91 Å². The van der Waals surface area contributed by atoms with E-state index >= 15 is 0 Å². The smallest absolute Gasteiger partial charge is 0.322 e. The number of nitrogens with one attached hydrogen (secondary N) is 3. The van der Waals surface area contributed by atoms with Crippen LogP contribution in [0, 0.1) is 6.92 Å². The van der Waals surface area contributed by atoms with Gasteiger partial charge in [-0.25, -0.2) is 5.43 Å². The van der Waals surface area contributed by atoms with Gasteiger partial charge in [-0.05, 0) is 43.3 Å². The van der Waals surface area contributed by atoms with Crippen molar-refractivity contribution >= 4 is 58.5 Å². The van der Waals surface area contributed by atoms with Crippen LogP contribution in [0.5, 0.6) is 0 Å². The first-order valence-corrected chi connectivity index (χ1v) is 10.2. The van der Waals surface area contributed by atoms with Crippen molar-refractivity contribution in [2.24, 2.45) is 5.10 Å². The predicted octanol–water partition coefficient (Wildman–Crippen LogP) is 4.64. The molecule has 0 aliphatic rings. The first kappa shape index (κ1) is 23.0. The number of hydrogen-bond acceptors (Lipinski definition) is 4. The Labute approximate surface area is 194 Å². The number of halogens is 2. The molecular weight excluding hydrogens is 451 g/mol. The Morgan fingerprint density at radius 3 is 2.31 bits per heavy atom. The van der Waals surface area contributed by atoms with E-state index in [0.29, 0.717) is 21.3 Å². The monoisotopic (exact) mass is 468 g/mol. The standard InChI is InChI=1S/C23H18Cl2N4O3/c1-14-6-10-17(11-7-14)27-21(30)18-4-2-3-5-20(18)28-22(31)23(32)29-26-13-15-8-9-16(24)12-19(15)25/h2-13H,1H3,(H,27,30)(H,28,31)(H,29,32). The maximum Gasteiger partial charge on any atom is 0.329 e. The topological polar surface area (TPSA) is 99.7 Å². The van der Waals surface area contributed by atoms with Crippen LogP contribution in [0.4, 0.5) is 11.4 Å². The van der Waals surface area contributed by atoms with Gasteiger partial charge < -0.3 is 10.6 Å². The summed E-state index contributed by atoms with van der Waals surface area (Å²) in [6.07, 6.45) is 1.28. The zero-order chi connectivity index (χ0) is 23.1. The second-order valence-electron chi connectivity index (χ2n) is 6.68. The second-order valence-corrected chi connectivity index (χ2v) is 7.53. The molecule has 3 amide bonds. The lowest BCUT2D eigenvalue weighted by Gasteiger charge is -2.11. The van der Waals surface area contributed by atoms with Gasteiger partial charge >= 0.3 is 11.8 Å². The van der Waals surface area contributed by atoms with Crippen LogP contribution in [0.15, 0.2) is 71.8 Å². The fraction of sp³-hybridized carbons (Fsp3) is 0.0435. The molecule has 0 radical (unpaired) electrons. The Morgan fingerprint density at radius 1 is 0.875 bits per heavy atom. The molecule has 7 nitrogen and oxygen atoms in total. The lowest BCUT2D eigenvalue weighted by molar-refractivity contribution is -0.136. The van der Waals surface area contributed by atoms with Gasteiger partial charge in [-0.3, -0.25) is 14.4 Å². The van der Waals surface area contributed by atoms with E-state index < -0.39 is 17.7 Å². The minimum absolute atomic E-state index is 0.182. The fourth-order valence-electron chi connectivity index (χ4n) is 2.62. The lowest BCUT2D eigenvalue weighted by atomic mass is 10.1. The van der Waals surface area contributed by atoms with Gasteiger partial charge in [-0.1, -0.05) is 59.1 Å². The lowest BCUT2D eigenvalue weighted by Crippen LogP contribution is -2.33. The molecule has 0 aliphatic heterocycles. The average molecular weight is 469 g/mol. The van der Waals surface area contributed by atoms with Gasteiger partial charge in [0, 0.05) is 16.3 Å². The molecule has 0 heterocycles. The van der Waals surface area contributed by atoms with Crippen LogP contribution in [0.25, 0.3) is 0 Å². The van der Waals surface area contributed by atoms with Gasteiger partial charge in [0.15, 0.2) is 0 Å². The fourth-order valence-corrected chi connectivity index (χ4v) is 3.08. The summed E-state index contributed by atoms with van der Waals surface area (Å²) >= 11 is 11.8. The molecule has 0 fully saturated rings. The number of hydrogen-bond donors (Lipinski definition) is 3. The molecule has 3 N–H and O–H groups in total. The van der Waals surface area contributed by atoms with Crippen LogP contribution in [-0.2, 0) is 9.59 Å². The summed E-state index contributed by atoms with van der Waals surface area (Å²) in [7, 11) is 0. The number of amides is 3. The minimum Gasteiger partial charge on any atom is -0.322 e. The maximum atomic E-state index is 12.6. The van der Waals surface area contributed by atoms with Crippen LogP contribution < -0.4 is 16.1 Å². The molecule has 32 heavy (non-hydrogen) atoms. The minimum atomic E-state index is -1.01. The van der Waals surface area contributed by atoms with Gasteiger partial charge in [-0.15, -0.1) is 0 Å². The van der Waals surface area contributed by atoms with Crippen molar-refractivity contribution in [1.82, 2.24) is 5.43 Å². The van der Waals surface area contributed by atoms with Gasteiger partial charge in [-0.2, -0.15) is 5.10 Å². The highest BCUT2D eigenvalue weighted by Crippen LogP contribution is 2.20. The normalized spacial score (nSPS) is 10.6. The van der Waals surface area contributed by atoms with Crippen LogP contribution in [0.2, 0.25) is 10.0 Å². The van der Waals surface area contributed by atoms with E-state index in [2.05, 4.69) is 21.2 Å². The van der Waals surface area contributed by atoms with Crippen molar-refractivity contribution < 1.29 is 14.4 Å². The molecule has 0 aromatic heterocycles. The summed E-state index contributed by atoms with van der Waals surface area (Å²) in [5.74, 6) is -2.43. The quantitative estimate of drug-likeness (QED) is 0.288. The molecule has 162 valence electrons. The molecule has 0 aliphatic carbocycles. The van der Waals surface area contributed by atoms with Gasteiger partial charge in [0.2, 0.25) is 0 Å². The molecular formula is C23H18Cl2N4O3. The zero-order valence-electron chi connectivity index (χ0n) is 16.9.